The first-order chi connectivity index (χ1) is 9.23. The maximum absolute atomic E-state index is 11.7. The number of anilines is 1. The van der Waals surface area contributed by atoms with Crippen molar-refractivity contribution in [2.24, 2.45) is 0 Å². The van der Waals surface area contributed by atoms with Crippen LogP contribution in [0.3, 0.4) is 0 Å². The van der Waals surface area contributed by atoms with Gasteiger partial charge in [0.25, 0.3) is 0 Å². The average molecular weight is 297 g/mol. The first-order valence-corrected chi connectivity index (χ1v) is 7.69. The number of esters is 1. The lowest BCUT2D eigenvalue weighted by atomic mass is 10.2. The predicted octanol–water partition coefficient (Wildman–Crippen LogP) is 2.75. The van der Waals surface area contributed by atoms with Gasteiger partial charge in [0.05, 0.1) is 5.75 Å². The molecule has 0 atom stereocenters. The molecule has 0 saturated heterocycles. The highest BCUT2D eigenvalue weighted by Crippen LogP contribution is 2.24. The highest BCUT2D eigenvalue weighted by Gasteiger charge is 2.17. The van der Waals surface area contributed by atoms with E-state index in [1.807, 2.05) is 27.7 Å². The molecule has 0 radical (unpaired) electrons. The van der Waals surface area contributed by atoms with Gasteiger partial charge in [0.2, 0.25) is 0 Å². The number of thioether (sulfide) groups is 1. The van der Waals surface area contributed by atoms with Crippen molar-refractivity contribution in [1.29, 1.82) is 0 Å². The number of aromatic nitrogens is 2. The van der Waals surface area contributed by atoms with E-state index in [0.717, 1.165) is 29.3 Å². The molecule has 0 aliphatic carbocycles. The largest absolute Gasteiger partial charge is 0.459 e. The number of aryl methyl sites for hydroxylation is 1. The molecule has 5 nitrogen and oxygen atoms in total. The Morgan fingerprint density at radius 2 is 2.00 bits per heavy atom. The van der Waals surface area contributed by atoms with Crippen LogP contribution in [0.2, 0.25) is 0 Å². The normalized spacial score (nSPS) is 11.4. The van der Waals surface area contributed by atoms with Crippen LogP contribution in [0.1, 0.15) is 45.5 Å². The van der Waals surface area contributed by atoms with Crippen LogP contribution in [0.15, 0.2) is 5.03 Å². The number of ether oxygens (including phenoxy) is 1. The lowest BCUT2D eigenvalue weighted by Crippen LogP contribution is -2.25. The van der Waals surface area contributed by atoms with Gasteiger partial charge in [-0.25, -0.2) is 9.97 Å². The SMILES string of the molecule is CCCc1nc(N)c(C)c(SCC(=O)OC(C)(C)C)n1. The Bertz CT molecular complexity index is 484. The molecule has 0 fully saturated rings. The number of rotatable bonds is 5. The third-order valence-corrected chi connectivity index (χ3v) is 3.46. The third kappa shape index (κ3) is 5.36. The molecular formula is C14H23N3O2S. The van der Waals surface area contributed by atoms with Crippen molar-refractivity contribution in [2.75, 3.05) is 11.5 Å². The van der Waals surface area contributed by atoms with E-state index in [4.69, 9.17) is 10.5 Å². The van der Waals surface area contributed by atoms with Crippen LogP contribution < -0.4 is 5.73 Å². The molecule has 20 heavy (non-hydrogen) atoms. The topological polar surface area (TPSA) is 78.1 Å². The molecule has 0 amide bonds. The Balaban J connectivity index is 2.74. The smallest absolute Gasteiger partial charge is 0.316 e. The summed E-state index contributed by atoms with van der Waals surface area (Å²) in [7, 11) is 0. The molecule has 0 unspecified atom stereocenters. The van der Waals surface area contributed by atoms with Crippen molar-refractivity contribution in [3.8, 4) is 0 Å². The van der Waals surface area contributed by atoms with E-state index in [1.54, 1.807) is 0 Å². The van der Waals surface area contributed by atoms with Crippen molar-refractivity contribution >= 4 is 23.5 Å². The van der Waals surface area contributed by atoms with Crippen LogP contribution in [-0.4, -0.2) is 27.3 Å². The zero-order valence-corrected chi connectivity index (χ0v) is 13.6. The highest BCUT2D eigenvalue weighted by molar-refractivity contribution is 7.99. The van der Waals surface area contributed by atoms with Gasteiger partial charge in [0.1, 0.15) is 22.3 Å². The minimum Gasteiger partial charge on any atom is -0.459 e. The second kappa shape index (κ2) is 6.92. The fourth-order valence-corrected chi connectivity index (χ4v) is 2.34. The van der Waals surface area contributed by atoms with Crippen molar-refractivity contribution < 1.29 is 9.53 Å². The molecule has 1 aromatic rings. The zero-order valence-electron chi connectivity index (χ0n) is 12.8. The van der Waals surface area contributed by atoms with Gasteiger partial charge in [0, 0.05) is 12.0 Å². The van der Waals surface area contributed by atoms with Gasteiger partial charge in [-0.05, 0) is 34.1 Å². The summed E-state index contributed by atoms with van der Waals surface area (Å²) in [6, 6.07) is 0. The van der Waals surface area contributed by atoms with Crippen LogP contribution in [-0.2, 0) is 16.0 Å². The molecule has 0 aliphatic rings. The van der Waals surface area contributed by atoms with Crippen molar-refractivity contribution in [3.63, 3.8) is 0 Å². The van der Waals surface area contributed by atoms with Gasteiger partial charge in [-0.2, -0.15) is 0 Å². The maximum atomic E-state index is 11.7. The molecule has 0 bridgehead atoms. The zero-order chi connectivity index (χ0) is 15.3. The number of carbonyl (C=O) groups is 1. The summed E-state index contributed by atoms with van der Waals surface area (Å²) in [5.41, 5.74) is 6.23. The lowest BCUT2D eigenvalue weighted by Gasteiger charge is -2.19. The number of nitrogen functional groups attached to an aromatic ring is 1. The highest BCUT2D eigenvalue weighted by atomic mass is 32.2. The van der Waals surface area contributed by atoms with Gasteiger partial charge in [0.15, 0.2) is 0 Å². The maximum Gasteiger partial charge on any atom is 0.316 e. The van der Waals surface area contributed by atoms with E-state index >= 15 is 0 Å². The Labute approximate surface area is 124 Å². The second-order valence-corrected chi connectivity index (χ2v) is 6.54. The molecular weight excluding hydrogens is 274 g/mol. The van der Waals surface area contributed by atoms with Crippen LogP contribution in [0.4, 0.5) is 5.82 Å². The summed E-state index contributed by atoms with van der Waals surface area (Å²) < 4.78 is 5.27. The van der Waals surface area contributed by atoms with Gasteiger partial charge in [-0.1, -0.05) is 18.7 Å². The molecule has 2 N–H and O–H groups in total. The summed E-state index contributed by atoms with van der Waals surface area (Å²) in [4.78, 5) is 20.4. The van der Waals surface area contributed by atoms with Crippen LogP contribution in [0.5, 0.6) is 0 Å². The lowest BCUT2D eigenvalue weighted by molar-refractivity contribution is -0.151. The number of nitrogens with zero attached hydrogens (tertiary/aromatic N) is 2. The standard InChI is InChI=1S/C14H23N3O2S/c1-6-7-10-16-12(15)9(2)13(17-10)20-8-11(18)19-14(3,4)5/h6-8H2,1-5H3,(H2,15,16,17). The monoisotopic (exact) mass is 297 g/mol. The molecule has 0 saturated carbocycles. The number of nitrogens with two attached hydrogens (primary N) is 1. The van der Waals surface area contributed by atoms with E-state index in [-0.39, 0.29) is 11.7 Å². The number of hydrogen-bond donors (Lipinski definition) is 1. The first kappa shape index (κ1) is 16.8. The van der Waals surface area contributed by atoms with Crippen LogP contribution in [0.25, 0.3) is 0 Å². The van der Waals surface area contributed by atoms with E-state index in [2.05, 4.69) is 16.9 Å². The Hall–Kier alpha value is -1.30. The van der Waals surface area contributed by atoms with Crippen molar-refractivity contribution in [3.05, 3.63) is 11.4 Å². The second-order valence-electron chi connectivity index (χ2n) is 5.58. The number of carbonyl (C=O) groups excluding carboxylic acids is 1. The van der Waals surface area contributed by atoms with E-state index in [0.29, 0.717) is 5.82 Å². The molecule has 112 valence electrons. The predicted molar refractivity (Wildman–Crippen MR) is 81.7 cm³/mol. The molecule has 6 heteroatoms. The molecule has 0 spiro atoms. The quantitative estimate of drug-likeness (QED) is 0.511. The van der Waals surface area contributed by atoms with Gasteiger partial charge in [-0.15, -0.1) is 0 Å². The summed E-state index contributed by atoms with van der Waals surface area (Å²) in [5.74, 6) is 1.17. The minimum atomic E-state index is -0.468. The molecule has 0 aliphatic heterocycles. The summed E-state index contributed by atoms with van der Waals surface area (Å²) in [5, 5.41) is 0.756. The number of hydrogen-bond acceptors (Lipinski definition) is 6. The summed E-state index contributed by atoms with van der Waals surface area (Å²) in [6.45, 7) is 9.48. The van der Waals surface area contributed by atoms with Crippen LogP contribution in [0, 0.1) is 6.92 Å². The Kier molecular flexibility index (Phi) is 5.80. The van der Waals surface area contributed by atoms with E-state index < -0.39 is 5.60 Å². The Morgan fingerprint density at radius 3 is 2.55 bits per heavy atom. The van der Waals surface area contributed by atoms with Gasteiger partial charge >= 0.3 is 5.97 Å². The fraction of sp³-hybridized carbons (Fsp3) is 0.643. The molecule has 1 aromatic heterocycles. The third-order valence-electron chi connectivity index (χ3n) is 2.41. The summed E-state index contributed by atoms with van der Waals surface area (Å²) in [6.07, 6.45) is 1.74. The Morgan fingerprint density at radius 1 is 1.35 bits per heavy atom. The van der Waals surface area contributed by atoms with Gasteiger partial charge in [-0.3, -0.25) is 4.79 Å². The van der Waals surface area contributed by atoms with Crippen molar-refractivity contribution in [2.45, 2.75) is 58.1 Å². The minimum absolute atomic E-state index is 0.222. The van der Waals surface area contributed by atoms with Crippen molar-refractivity contribution in [1.82, 2.24) is 9.97 Å². The first-order valence-electron chi connectivity index (χ1n) is 6.70. The fourth-order valence-electron chi connectivity index (χ4n) is 1.53. The van der Waals surface area contributed by atoms with E-state index in [1.165, 1.54) is 11.8 Å². The molecule has 1 rings (SSSR count). The summed E-state index contributed by atoms with van der Waals surface area (Å²) >= 11 is 1.34. The average Bonchev–Trinajstić information content (AvgIpc) is 2.30. The van der Waals surface area contributed by atoms with E-state index in [9.17, 15) is 4.79 Å². The van der Waals surface area contributed by atoms with Crippen LogP contribution >= 0.6 is 11.8 Å². The molecule has 0 aromatic carbocycles. The molecule has 1 heterocycles. The van der Waals surface area contributed by atoms with Gasteiger partial charge < -0.3 is 10.5 Å².